The molecule has 0 heterocycles. The second-order valence-corrected chi connectivity index (χ2v) is 5.62. The second kappa shape index (κ2) is 6.42. The number of halogens is 3. The number of benzene rings is 1. The highest BCUT2D eigenvalue weighted by molar-refractivity contribution is 5.46. The fourth-order valence-electron chi connectivity index (χ4n) is 2.93. The van der Waals surface area contributed by atoms with Gasteiger partial charge in [-0.25, -0.2) is 0 Å². The average molecular weight is 335 g/mol. The number of hydrogen-bond acceptors (Lipinski definition) is 5. The van der Waals surface area contributed by atoms with Gasteiger partial charge in [-0.1, -0.05) is 0 Å². The quantitative estimate of drug-likeness (QED) is 0.580. The molecule has 1 aromatic carbocycles. The van der Waals surface area contributed by atoms with Gasteiger partial charge < -0.3 is 15.3 Å². The van der Waals surface area contributed by atoms with Crippen LogP contribution in [0.2, 0.25) is 0 Å². The third-order valence-electron chi connectivity index (χ3n) is 4.13. The predicted octanol–water partition coefficient (Wildman–Crippen LogP) is 2.17. The van der Waals surface area contributed by atoms with Crippen LogP contribution in [0.5, 0.6) is 0 Å². The zero-order valence-corrected chi connectivity index (χ0v) is 11.9. The molecule has 1 unspecified atom stereocenters. The Morgan fingerprint density at radius 2 is 1.78 bits per heavy atom. The summed E-state index contributed by atoms with van der Waals surface area (Å²) in [5, 5.41) is 41.2. The maximum atomic E-state index is 12.7. The first kappa shape index (κ1) is 17.6. The van der Waals surface area contributed by atoms with Crippen LogP contribution in [0.15, 0.2) is 18.2 Å². The van der Waals surface area contributed by atoms with Crippen LogP contribution in [0, 0.1) is 16.0 Å². The summed E-state index contributed by atoms with van der Waals surface area (Å²) in [5.74, 6) is -1.08. The molecule has 128 valence electrons. The number of hydrogen-bond donors (Lipinski definition) is 3. The van der Waals surface area contributed by atoms with E-state index in [1.165, 1.54) is 0 Å². The first-order valence-electron chi connectivity index (χ1n) is 7.02. The Morgan fingerprint density at radius 1 is 1.22 bits per heavy atom. The fourth-order valence-corrected chi connectivity index (χ4v) is 2.93. The van der Waals surface area contributed by atoms with Crippen molar-refractivity contribution < 1.29 is 33.4 Å². The number of alkyl halides is 3. The molecule has 6 nitrogen and oxygen atoms in total. The van der Waals surface area contributed by atoms with Crippen LogP contribution in [0.4, 0.5) is 18.9 Å². The van der Waals surface area contributed by atoms with Crippen LogP contribution in [0.25, 0.3) is 0 Å². The molecular weight excluding hydrogens is 319 g/mol. The molecule has 4 atom stereocenters. The summed E-state index contributed by atoms with van der Waals surface area (Å²) in [6.07, 6.45) is -7.44. The number of aliphatic hydroxyl groups excluding tert-OH is 3. The van der Waals surface area contributed by atoms with Gasteiger partial charge in [0.15, 0.2) is 0 Å². The molecule has 0 radical (unpaired) electrons. The number of rotatable bonds is 3. The van der Waals surface area contributed by atoms with Crippen molar-refractivity contribution in [3.8, 4) is 0 Å². The van der Waals surface area contributed by atoms with E-state index in [1.54, 1.807) is 0 Å². The zero-order chi connectivity index (χ0) is 17.4. The van der Waals surface area contributed by atoms with E-state index < -0.39 is 46.6 Å². The summed E-state index contributed by atoms with van der Waals surface area (Å²) in [6.45, 7) is 0. The maximum Gasteiger partial charge on any atom is 0.416 e. The third kappa shape index (κ3) is 3.62. The molecule has 1 fully saturated rings. The minimum atomic E-state index is -4.75. The minimum absolute atomic E-state index is 0.299. The van der Waals surface area contributed by atoms with Crippen molar-refractivity contribution >= 4 is 5.69 Å². The van der Waals surface area contributed by atoms with Crippen molar-refractivity contribution in [2.24, 2.45) is 5.92 Å². The molecule has 0 spiro atoms. The van der Waals surface area contributed by atoms with Gasteiger partial charge in [-0.15, -0.1) is 0 Å². The number of nitro groups is 1. The summed E-state index contributed by atoms with van der Waals surface area (Å²) in [7, 11) is 0. The van der Waals surface area contributed by atoms with E-state index in [0.717, 1.165) is 6.07 Å². The van der Waals surface area contributed by atoms with Crippen molar-refractivity contribution in [2.45, 2.75) is 43.8 Å². The Morgan fingerprint density at radius 3 is 2.26 bits per heavy atom. The van der Waals surface area contributed by atoms with Crippen molar-refractivity contribution in [1.82, 2.24) is 0 Å². The van der Waals surface area contributed by atoms with Gasteiger partial charge >= 0.3 is 6.18 Å². The van der Waals surface area contributed by atoms with Gasteiger partial charge in [0, 0.05) is 12.0 Å². The second-order valence-electron chi connectivity index (χ2n) is 5.62. The number of aliphatic hydroxyl groups is 3. The van der Waals surface area contributed by atoms with Crippen LogP contribution in [-0.4, -0.2) is 32.5 Å². The molecule has 0 aromatic heterocycles. The van der Waals surface area contributed by atoms with Gasteiger partial charge in [0.2, 0.25) is 0 Å². The van der Waals surface area contributed by atoms with Gasteiger partial charge in [-0.3, -0.25) is 10.1 Å². The monoisotopic (exact) mass is 335 g/mol. The zero-order valence-electron chi connectivity index (χ0n) is 11.9. The van der Waals surface area contributed by atoms with Crippen LogP contribution < -0.4 is 0 Å². The lowest BCUT2D eigenvalue weighted by Gasteiger charge is -2.35. The topological polar surface area (TPSA) is 104 Å². The Bertz CT molecular complexity index is 582. The van der Waals surface area contributed by atoms with Gasteiger partial charge in [-0.05, 0) is 31.4 Å². The largest absolute Gasteiger partial charge is 0.416 e. The molecule has 2 rings (SSSR count). The van der Waals surface area contributed by atoms with E-state index in [-0.39, 0.29) is 5.56 Å². The smallest absolute Gasteiger partial charge is 0.393 e. The molecule has 0 aliphatic heterocycles. The van der Waals surface area contributed by atoms with Crippen molar-refractivity contribution in [1.29, 1.82) is 0 Å². The molecule has 1 aliphatic carbocycles. The lowest BCUT2D eigenvalue weighted by molar-refractivity contribution is -0.386. The number of nitro benzene ring substituents is 1. The fraction of sp³-hybridized carbons (Fsp3) is 0.571. The van der Waals surface area contributed by atoms with Crippen molar-refractivity contribution in [3.05, 3.63) is 39.4 Å². The first-order valence-corrected chi connectivity index (χ1v) is 7.02. The van der Waals surface area contributed by atoms with Gasteiger partial charge in [-0.2, -0.15) is 13.2 Å². The molecule has 1 aliphatic rings. The Kier molecular flexibility index (Phi) is 4.92. The molecule has 3 N–H and O–H groups in total. The van der Waals surface area contributed by atoms with E-state index in [4.69, 9.17) is 0 Å². The van der Waals surface area contributed by atoms with Gasteiger partial charge in [0.1, 0.15) is 0 Å². The molecule has 1 saturated carbocycles. The van der Waals surface area contributed by atoms with E-state index in [0.29, 0.717) is 31.4 Å². The standard InChI is InChI=1S/C14H16F3NO5/c15-14(16,17)7-4-5-8(9(6-7)18(22)23)13(21)12-10(19)2-1-3-11(12)20/h4-6,10-13,19-21H,1-3H2/t10-,11+,12?,13-/m1/s1. The molecule has 0 amide bonds. The molecule has 0 bridgehead atoms. The summed E-state index contributed by atoms with van der Waals surface area (Å²) in [6, 6.07) is 1.80. The Labute approximate surface area is 129 Å². The van der Waals surface area contributed by atoms with Gasteiger partial charge in [0.05, 0.1) is 34.4 Å². The SMILES string of the molecule is O=[N+]([O-])c1cc(C(F)(F)F)ccc1[C@@H](O)C1[C@H](O)CCC[C@@H]1O. The molecule has 1 aromatic rings. The van der Waals surface area contributed by atoms with E-state index in [1.807, 2.05) is 0 Å². The highest BCUT2D eigenvalue weighted by atomic mass is 19.4. The lowest BCUT2D eigenvalue weighted by Crippen LogP contribution is -2.40. The minimum Gasteiger partial charge on any atom is -0.393 e. The average Bonchev–Trinajstić information content (AvgIpc) is 2.45. The lowest BCUT2D eigenvalue weighted by atomic mass is 9.78. The van der Waals surface area contributed by atoms with Crippen LogP contribution in [-0.2, 0) is 6.18 Å². The first-order chi connectivity index (χ1) is 10.6. The van der Waals surface area contributed by atoms with E-state index in [9.17, 15) is 38.6 Å². The molecule has 23 heavy (non-hydrogen) atoms. The predicted molar refractivity (Wildman–Crippen MR) is 72.4 cm³/mol. The molecule has 0 saturated heterocycles. The number of nitrogens with zero attached hydrogens (tertiary/aromatic N) is 1. The van der Waals surface area contributed by atoms with Crippen molar-refractivity contribution in [3.63, 3.8) is 0 Å². The maximum absolute atomic E-state index is 12.7. The molecule has 9 heteroatoms. The molecular formula is C14H16F3NO5. The van der Waals surface area contributed by atoms with E-state index >= 15 is 0 Å². The summed E-state index contributed by atoms with van der Waals surface area (Å²) in [5.41, 5.74) is -2.45. The summed E-state index contributed by atoms with van der Waals surface area (Å²) < 4.78 is 38.0. The summed E-state index contributed by atoms with van der Waals surface area (Å²) >= 11 is 0. The van der Waals surface area contributed by atoms with Crippen molar-refractivity contribution in [2.75, 3.05) is 0 Å². The summed E-state index contributed by atoms with van der Waals surface area (Å²) in [4.78, 5) is 10.0. The van der Waals surface area contributed by atoms with Crippen LogP contribution >= 0.6 is 0 Å². The van der Waals surface area contributed by atoms with Crippen LogP contribution in [0.3, 0.4) is 0 Å². The highest BCUT2D eigenvalue weighted by Crippen LogP contribution is 2.40. The van der Waals surface area contributed by atoms with Gasteiger partial charge in [0.25, 0.3) is 5.69 Å². The highest BCUT2D eigenvalue weighted by Gasteiger charge is 2.40. The van der Waals surface area contributed by atoms with Crippen LogP contribution in [0.1, 0.15) is 36.5 Å². The Hall–Kier alpha value is -1.71. The van der Waals surface area contributed by atoms with E-state index in [2.05, 4.69) is 0 Å². The Balaban J connectivity index is 2.43. The normalized spacial score (nSPS) is 26.8. The third-order valence-corrected chi connectivity index (χ3v) is 4.13.